The summed E-state index contributed by atoms with van der Waals surface area (Å²) in [5.41, 5.74) is 7.55. The van der Waals surface area contributed by atoms with Crippen LogP contribution >= 0.6 is 0 Å². The van der Waals surface area contributed by atoms with Crippen LogP contribution in [0.4, 0.5) is 34.1 Å². The number of anilines is 2. The highest BCUT2D eigenvalue weighted by molar-refractivity contribution is 6.02. The number of nitrogens with one attached hydrogen (secondary N) is 2. The van der Waals surface area contributed by atoms with Gasteiger partial charge in [-0.15, -0.1) is 10.2 Å². The summed E-state index contributed by atoms with van der Waals surface area (Å²) >= 11 is 0. The molecule has 4 N–H and O–H groups in total. The first-order valence-corrected chi connectivity index (χ1v) is 21.8. The van der Waals surface area contributed by atoms with Crippen LogP contribution in [0.15, 0.2) is 190 Å². The van der Waals surface area contributed by atoms with E-state index < -0.39 is 11.9 Å². The Kier molecular flexibility index (Phi) is 14.6. The number of carbonyl (C=O) groups is 2. The molecule has 12 nitrogen and oxygen atoms in total. The number of rotatable bonds is 19. The van der Waals surface area contributed by atoms with Crippen LogP contribution in [-0.2, 0) is 22.6 Å². The van der Waals surface area contributed by atoms with Crippen molar-refractivity contribution < 1.29 is 29.3 Å². The summed E-state index contributed by atoms with van der Waals surface area (Å²) in [5.74, 6) is -0.331. The number of azo groups is 2. The fourth-order valence-electron chi connectivity index (χ4n) is 7.28. The SMILES string of the molecule is O=C(OCCCCCCOC(=O)c1ccc(/N=N/c2ccc(NCc3ccc(O)cc3)c3ccccc23)cc1)c1ccc(/N=N/c2ccc(NCc3ccc(O)cc3)c3ccccc23)cc1. The number of carbonyl (C=O) groups excluding carboxylic acids is 2. The van der Waals surface area contributed by atoms with Crippen LogP contribution in [0.3, 0.4) is 0 Å². The molecule has 12 heteroatoms. The van der Waals surface area contributed by atoms with Crippen molar-refractivity contribution in [2.45, 2.75) is 38.8 Å². The van der Waals surface area contributed by atoms with Crippen molar-refractivity contribution in [3.8, 4) is 11.5 Å². The molecular weight excluding hydrogens is 829 g/mol. The third kappa shape index (κ3) is 11.8. The van der Waals surface area contributed by atoms with Gasteiger partial charge in [0.2, 0.25) is 0 Å². The van der Waals surface area contributed by atoms with Crippen LogP contribution in [-0.4, -0.2) is 35.4 Å². The van der Waals surface area contributed by atoms with E-state index in [0.29, 0.717) is 48.4 Å². The molecule has 0 saturated heterocycles. The predicted octanol–water partition coefficient (Wildman–Crippen LogP) is 14.0. The van der Waals surface area contributed by atoms with E-state index in [-0.39, 0.29) is 24.7 Å². The van der Waals surface area contributed by atoms with Gasteiger partial charge in [-0.1, -0.05) is 72.8 Å². The number of benzene rings is 8. The number of esters is 2. The molecule has 8 rings (SSSR count). The first kappa shape index (κ1) is 44.2. The fourth-order valence-corrected chi connectivity index (χ4v) is 7.28. The summed E-state index contributed by atoms with van der Waals surface area (Å²) in [6.07, 6.45) is 3.03. The van der Waals surface area contributed by atoms with E-state index in [2.05, 4.69) is 31.1 Å². The van der Waals surface area contributed by atoms with Crippen molar-refractivity contribution in [2.75, 3.05) is 23.8 Å². The van der Waals surface area contributed by atoms with Gasteiger partial charge >= 0.3 is 11.9 Å². The minimum atomic E-state index is -0.403. The van der Waals surface area contributed by atoms with Crippen LogP contribution < -0.4 is 10.6 Å². The number of fused-ring (bicyclic) bond motifs is 2. The van der Waals surface area contributed by atoms with E-state index in [9.17, 15) is 19.8 Å². The van der Waals surface area contributed by atoms with Crippen LogP contribution in [0, 0.1) is 0 Å². The van der Waals surface area contributed by atoms with E-state index in [1.165, 1.54) is 0 Å². The number of nitrogens with zero attached hydrogens (tertiary/aromatic N) is 4. The Morgan fingerprint density at radius 1 is 0.409 bits per heavy atom. The average Bonchev–Trinajstić information content (AvgIpc) is 3.36. The van der Waals surface area contributed by atoms with Gasteiger partial charge in [0.05, 0.1) is 47.1 Å². The fraction of sp³-hybridized carbons (Fsp3) is 0.148. The number of hydrogen-bond donors (Lipinski definition) is 4. The molecule has 0 fully saturated rings. The Balaban J connectivity index is 0.726. The van der Waals surface area contributed by atoms with E-state index >= 15 is 0 Å². The smallest absolute Gasteiger partial charge is 0.338 e. The van der Waals surface area contributed by atoms with Crippen molar-refractivity contribution in [3.63, 3.8) is 0 Å². The van der Waals surface area contributed by atoms with Crippen molar-refractivity contribution >= 4 is 67.6 Å². The molecule has 0 amide bonds. The first-order valence-electron chi connectivity index (χ1n) is 21.8. The molecule has 0 aliphatic rings. The maximum absolute atomic E-state index is 12.7. The Labute approximate surface area is 382 Å². The summed E-state index contributed by atoms with van der Waals surface area (Å²) in [7, 11) is 0. The van der Waals surface area contributed by atoms with Crippen molar-refractivity contribution in [1.29, 1.82) is 0 Å². The summed E-state index contributed by atoms with van der Waals surface area (Å²) in [6, 6.07) is 51.7. The number of aromatic hydroxyl groups is 2. The normalized spacial score (nSPS) is 11.3. The Bertz CT molecular complexity index is 2770. The lowest BCUT2D eigenvalue weighted by Gasteiger charge is -2.11. The number of ether oxygens (including phenoxy) is 2. The molecule has 0 spiro atoms. The van der Waals surface area contributed by atoms with Gasteiger partial charge < -0.3 is 30.3 Å². The van der Waals surface area contributed by atoms with E-state index in [1.807, 2.05) is 97.1 Å². The van der Waals surface area contributed by atoms with Gasteiger partial charge in [0.1, 0.15) is 11.5 Å². The third-order valence-electron chi connectivity index (χ3n) is 10.9. The molecule has 0 aliphatic heterocycles. The van der Waals surface area contributed by atoms with Crippen LogP contribution in [0.2, 0.25) is 0 Å². The van der Waals surface area contributed by atoms with Gasteiger partial charge in [0.15, 0.2) is 0 Å². The molecule has 0 atom stereocenters. The van der Waals surface area contributed by atoms with Gasteiger partial charge in [-0.3, -0.25) is 0 Å². The van der Waals surface area contributed by atoms with Crippen LogP contribution in [0.5, 0.6) is 11.5 Å². The molecule has 0 saturated carbocycles. The maximum Gasteiger partial charge on any atom is 0.338 e. The Morgan fingerprint density at radius 3 is 1.18 bits per heavy atom. The van der Waals surface area contributed by atoms with Crippen molar-refractivity contribution in [1.82, 2.24) is 0 Å². The van der Waals surface area contributed by atoms with Gasteiger partial charge in [-0.05, 0) is 134 Å². The van der Waals surface area contributed by atoms with Crippen molar-refractivity contribution in [3.05, 3.63) is 192 Å². The number of phenolic OH excluding ortho intramolecular Hbond substituents is 2. The van der Waals surface area contributed by atoms with Gasteiger partial charge in [0, 0.05) is 46.0 Å². The standard InChI is InChI=1S/C54H48N6O6/c61-43-25-13-37(14-26-43)35-55-49-29-31-51(47-11-5-3-9-45(47)49)59-57-41-21-17-39(18-22-41)53(63)65-33-7-1-2-8-34-66-54(64)40-19-23-42(24-20-40)58-60-52-32-30-50(46-10-4-6-12-48(46)52)56-36-38-15-27-44(62)28-16-38/h3-6,9-32,55-56,61-62H,1-2,7-8,33-36H2/b59-57+,60-58+. The molecule has 8 aromatic carbocycles. The van der Waals surface area contributed by atoms with Crippen molar-refractivity contribution in [2.24, 2.45) is 20.5 Å². The van der Waals surface area contributed by atoms with Gasteiger partial charge in [-0.2, -0.15) is 10.2 Å². The molecule has 0 aliphatic carbocycles. The first-order chi connectivity index (χ1) is 32.4. The predicted molar refractivity (Wildman–Crippen MR) is 259 cm³/mol. The zero-order valence-electron chi connectivity index (χ0n) is 36.1. The second-order valence-electron chi connectivity index (χ2n) is 15.6. The topological polar surface area (TPSA) is 167 Å². The molecule has 8 aromatic rings. The number of phenols is 2. The van der Waals surface area contributed by atoms with Crippen LogP contribution in [0.25, 0.3) is 21.5 Å². The summed E-state index contributed by atoms with van der Waals surface area (Å²) in [4.78, 5) is 25.4. The quantitative estimate of drug-likeness (QED) is 0.0354. The summed E-state index contributed by atoms with van der Waals surface area (Å²) in [5, 5.41) is 47.9. The summed E-state index contributed by atoms with van der Waals surface area (Å²) in [6.45, 7) is 1.79. The zero-order valence-corrected chi connectivity index (χ0v) is 36.1. The van der Waals surface area contributed by atoms with E-state index in [4.69, 9.17) is 9.47 Å². The minimum absolute atomic E-state index is 0.237. The highest BCUT2D eigenvalue weighted by atomic mass is 16.5. The second-order valence-corrected chi connectivity index (χ2v) is 15.6. The summed E-state index contributed by atoms with van der Waals surface area (Å²) < 4.78 is 11.0. The van der Waals surface area contributed by atoms with Gasteiger partial charge in [-0.25, -0.2) is 9.59 Å². The average molecular weight is 877 g/mol. The molecule has 0 unspecified atom stereocenters. The highest BCUT2D eigenvalue weighted by Gasteiger charge is 2.11. The van der Waals surface area contributed by atoms with Crippen LogP contribution in [0.1, 0.15) is 57.5 Å². The largest absolute Gasteiger partial charge is 0.508 e. The lowest BCUT2D eigenvalue weighted by Crippen LogP contribution is -2.07. The molecular formula is C54H48N6O6. The second kappa shape index (κ2) is 21.8. The Hall–Kier alpha value is -8.38. The lowest BCUT2D eigenvalue weighted by atomic mass is 10.1. The molecule has 0 bridgehead atoms. The highest BCUT2D eigenvalue weighted by Crippen LogP contribution is 2.35. The maximum atomic E-state index is 12.7. The van der Waals surface area contributed by atoms with Gasteiger partial charge in [0.25, 0.3) is 0 Å². The molecule has 0 radical (unpaired) electrons. The zero-order chi connectivity index (χ0) is 45.5. The third-order valence-corrected chi connectivity index (χ3v) is 10.9. The molecule has 330 valence electrons. The lowest BCUT2D eigenvalue weighted by molar-refractivity contribution is 0.0473. The monoisotopic (exact) mass is 876 g/mol. The number of unbranched alkanes of at least 4 members (excludes halogenated alkanes) is 3. The molecule has 0 heterocycles. The van der Waals surface area contributed by atoms with E-state index in [0.717, 1.165) is 68.3 Å². The molecule has 0 aromatic heterocycles. The minimum Gasteiger partial charge on any atom is -0.508 e. The van der Waals surface area contributed by atoms with E-state index in [1.54, 1.807) is 72.8 Å². The molecule has 66 heavy (non-hydrogen) atoms. The Morgan fingerprint density at radius 2 is 0.788 bits per heavy atom. The number of hydrogen-bond acceptors (Lipinski definition) is 12.